The van der Waals surface area contributed by atoms with Gasteiger partial charge in [-0.25, -0.2) is 4.79 Å². The molecule has 2 rings (SSSR count). The Kier molecular flexibility index (Phi) is 4.98. The van der Waals surface area contributed by atoms with E-state index in [9.17, 15) is 4.79 Å². The summed E-state index contributed by atoms with van der Waals surface area (Å²) in [5, 5.41) is 14.8. The number of ether oxygens (including phenoxy) is 1. The van der Waals surface area contributed by atoms with E-state index >= 15 is 0 Å². The molecule has 0 radical (unpaired) electrons. The van der Waals surface area contributed by atoms with E-state index in [4.69, 9.17) is 4.74 Å². The molecule has 1 amide bonds. The predicted molar refractivity (Wildman–Crippen MR) is 83.3 cm³/mol. The molecule has 0 aromatic carbocycles. The molecule has 0 aliphatic heterocycles. The van der Waals surface area contributed by atoms with E-state index < -0.39 is 11.7 Å². The number of H-pyrrole nitrogens is 1. The Labute approximate surface area is 127 Å². The average molecular weight is 308 g/mol. The van der Waals surface area contributed by atoms with Crippen molar-refractivity contribution >= 4 is 23.2 Å². The topological polar surface area (TPSA) is 79.0 Å². The van der Waals surface area contributed by atoms with Gasteiger partial charge in [-0.1, -0.05) is 6.07 Å². The summed E-state index contributed by atoms with van der Waals surface area (Å²) >= 11 is 1.71. The fourth-order valence-electron chi connectivity index (χ4n) is 1.69. The van der Waals surface area contributed by atoms with Gasteiger partial charge in [-0.3, -0.25) is 10.4 Å². The van der Waals surface area contributed by atoms with Gasteiger partial charge in [0.15, 0.2) is 0 Å². The van der Waals surface area contributed by atoms with E-state index in [0.717, 1.165) is 12.1 Å². The van der Waals surface area contributed by atoms with E-state index in [-0.39, 0.29) is 0 Å². The highest BCUT2D eigenvalue weighted by Gasteiger charge is 2.17. The lowest BCUT2D eigenvalue weighted by molar-refractivity contribution is 0.0635. The third-order valence-electron chi connectivity index (χ3n) is 2.54. The number of rotatable bonds is 5. The second kappa shape index (κ2) is 6.73. The van der Waals surface area contributed by atoms with Crippen LogP contribution in [0.15, 0.2) is 23.7 Å². The lowest BCUT2D eigenvalue weighted by Crippen LogP contribution is -2.27. The normalized spacial score (nSPS) is 11.4. The molecule has 2 heterocycles. The van der Waals surface area contributed by atoms with E-state index in [1.165, 1.54) is 4.88 Å². The number of nitrogens with one attached hydrogen (secondary N) is 3. The minimum atomic E-state index is -0.526. The fourth-order valence-corrected chi connectivity index (χ4v) is 2.37. The molecular weight excluding hydrogens is 288 g/mol. The Bertz CT molecular complexity index is 572. The van der Waals surface area contributed by atoms with E-state index in [2.05, 4.69) is 26.9 Å². The molecule has 21 heavy (non-hydrogen) atoms. The van der Waals surface area contributed by atoms with Crippen LogP contribution in [0.25, 0.3) is 0 Å². The van der Waals surface area contributed by atoms with Crippen molar-refractivity contribution in [2.75, 3.05) is 5.32 Å². The lowest BCUT2D eigenvalue weighted by Gasteiger charge is -2.19. The number of thiophene rings is 1. The van der Waals surface area contributed by atoms with Gasteiger partial charge in [0.25, 0.3) is 0 Å². The van der Waals surface area contributed by atoms with Gasteiger partial charge in [-0.2, -0.15) is 5.10 Å². The Hall–Kier alpha value is -1.86. The molecular formula is C14H20N4O2S. The van der Waals surface area contributed by atoms with Crippen LogP contribution in [0.1, 0.15) is 31.2 Å². The van der Waals surface area contributed by atoms with E-state index in [1.807, 2.05) is 32.2 Å². The zero-order valence-corrected chi connectivity index (χ0v) is 13.2. The molecule has 0 saturated carbocycles. The van der Waals surface area contributed by atoms with Gasteiger partial charge in [0.2, 0.25) is 0 Å². The van der Waals surface area contributed by atoms with Gasteiger partial charge >= 0.3 is 6.09 Å². The molecule has 7 heteroatoms. The van der Waals surface area contributed by atoms with Gasteiger partial charge in [0.05, 0.1) is 6.20 Å². The summed E-state index contributed by atoms with van der Waals surface area (Å²) in [6.07, 6.45) is 1.19. The maximum Gasteiger partial charge on any atom is 0.413 e. The van der Waals surface area contributed by atoms with Gasteiger partial charge < -0.3 is 10.1 Å². The minimum Gasteiger partial charge on any atom is -0.444 e. The van der Waals surface area contributed by atoms with Crippen molar-refractivity contribution in [2.24, 2.45) is 0 Å². The number of nitrogens with zero attached hydrogens (tertiary/aromatic N) is 1. The van der Waals surface area contributed by atoms with Crippen LogP contribution in [0.4, 0.5) is 10.6 Å². The van der Waals surface area contributed by atoms with Crippen molar-refractivity contribution in [1.82, 2.24) is 15.5 Å². The first-order valence-electron chi connectivity index (χ1n) is 6.69. The Morgan fingerprint density at radius 1 is 1.43 bits per heavy atom. The van der Waals surface area contributed by atoms with Gasteiger partial charge in [-0.15, -0.1) is 11.3 Å². The highest BCUT2D eigenvalue weighted by Crippen LogP contribution is 2.14. The number of aromatic nitrogens is 2. The van der Waals surface area contributed by atoms with Crippen LogP contribution in [0, 0.1) is 0 Å². The van der Waals surface area contributed by atoms with Crippen LogP contribution in [-0.4, -0.2) is 21.9 Å². The van der Waals surface area contributed by atoms with Crippen LogP contribution < -0.4 is 10.6 Å². The molecule has 0 fully saturated rings. The molecule has 0 spiro atoms. The number of hydrogen-bond acceptors (Lipinski definition) is 5. The van der Waals surface area contributed by atoms with Crippen molar-refractivity contribution in [3.05, 3.63) is 34.2 Å². The number of amides is 1. The molecule has 3 N–H and O–H groups in total. The van der Waals surface area contributed by atoms with Crippen molar-refractivity contribution in [1.29, 1.82) is 0 Å². The third kappa shape index (κ3) is 5.20. The molecule has 2 aromatic rings. The number of carbonyl (C=O) groups excluding carboxylic acids is 1. The third-order valence-corrected chi connectivity index (χ3v) is 3.41. The van der Waals surface area contributed by atoms with Crippen LogP contribution >= 0.6 is 11.3 Å². The van der Waals surface area contributed by atoms with Crippen molar-refractivity contribution < 1.29 is 9.53 Å². The van der Waals surface area contributed by atoms with Crippen molar-refractivity contribution in [3.63, 3.8) is 0 Å². The number of anilines is 1. The summed E-state index contributed by atoms with van der Waals surface area (Å²) in [5.41, 5.74) is 0.360. The standard InChI is InChI=1S/C14H20N4O2S/c1-14(2,3)20-13(19)17-12-10(8-16-18-12)7-15-9-11-5-4-6-21-11/h4-6,8,15H,7,9H2,1-3H3,(H2,16,17,18,19). The quantitative estimate of drug-likeness (QED) is 0.793. The van der Waals surface area contributed by atoms with Gasteiger partial charge in [0, 0.05) is 23.5 Å². The average Bonchev–Trinajstić information content (AvgIpc) is 2.99. The maximum atomic E-state index is 11.7. The van der Waals surface area contributed by atoms with E-state index in [0.29, 0.717) is 12.4 Å². The number of carbonyl (C=O) groups is 1. The Balaban J connectivity index is 1.85. The zero-order valence-electron chi connectivity index (χ0n) is 12.4. The van der Waals surface area contributed by atoms with Crippen molar-refractivity contribution in [2.45, 2.75) is 39.5 Å². The SMILES string of the molecule is CC(C)(C)OC(=O)Nc1[nH]ncc1CNCc1cccs1. The first-order valence-corrected chi connectivity index (χ1v) is 7.57. The van der Waals surface area contributed by atoms with Crippen LogP contribution in [0.3, 0.4) is 0 Å². The van der Waals surface area contributed by atoms with Gasteiger partial charge in [-0.05, 0) is 32.2 Å². The zero-order chi connectivity index (χ0) is 15.3. The summed E-state index contributed by atoms with van der Waals surface area (Å²) in [7, 11) is 0. The first-order chi connectivity index (χ1) is 9.94. The summed E-state index contributed by atoms with van der Waals surface area (Å²) in [4.78, 5) is 13.0. The molecule has 114 valence electrons. The molecule has 0 bridgehead atoms. The fraction of sp³-hybridized carbons (Fsp3) is 0.429. The number of hydrogen-bond donors (Lipinski definition) is 3. The maximum absolute atomic E-state index is 11.7. The van der Waals surface area contributed by atoms with Gasteiger partial charge in [0.1, 0.15) is 11.4 Å². The second-order valence-corrected chi connectivity index (χ2v) is 6.61. The molecule has 0 unspecified atom stereocenters. The van der Waals surface area contributed by atoms with Crippen molar-refractivity contribution in [3.8, 4) is 0 Å². The molecule has 2 aromatic heterocycles. The Morgan fingerprint density at radius 2 is 2.24 bits per heavy atom. The van der Waals surface area contributed by atoms with Crippen LogP contribution in [0.2, 0.25) is 0 Å². The largest absolute Gasteiger partial charge is 0.444 e. The summed E-state index contributed by atoms with van der Waals surface area (Å²) in [6.45, 7) is 6.86. The highest BCUT2D eigenvalue weighted by molar-refractivity contribution is 7.09. The second-order valence-electron chi connectivity index (χ2n) is 5.58. The molecule has 0 atom stereocenters. The molecule has 0 aliphatic rings. The first kappa shape index (κ1) is 15.5. The summed E-state index contributed by atoms with van der Waals surface area (Å²) < 4.78 is 5.21. The number of aromatic amines is 1. The lowest BCUT2D eigenvalue weighted by atomic mass is 10.2. The summed E-state index contributed by atoms with van der Waals surface area (Å²) in [5.74, 6) is 0.558. The minimum absolute atomic E-state index is 0.494. The summed E-state index contributed by atoms with van der Waals surface area (Å²) in [6, 6.07) is 4.10. The molecule has 0 aliphatic carbocycles. The molecule has 0 saturated heterocycles. The Morgan fingerprint density at radius 3 is 2.90 bits per heavy atom. The molecule has 6 nitrogen and oxygen atoms in total. The van der Waals surface area contributed by atoms with Crippen LogP contribution in [0.5, 0.6) is 0 Å². The smallest absolute Gasteiger partial charge is 0.413 e. The highest BCUT2D eigenvalue weighted by atomic mass is 32.1. The van der Waals surface area contributed by atoms with Crippen LogP contribution in [-0.2, 0) is 17.8 Å². The predicted octanol–water partition coefficient (Wildman–Crippen LogP) is 3.11. The monoisotopic (exact) mass is 308 g/mol. The van der Waals surface area contributed by atoms with E-state index in [1.54, 1.807) is 17.5 Å².